The minimum atomic E-state index is -0.0406. The normalized spacial score (nSPS) is 19.1. The molecule has 0 radical (unpaired) electrons. The molecular weight excluding hydrogens is 226 g/mol. The van der Waals surface area contributed by atoms with E-state index < -0.39 is 0 Å². The lowest BCUT2D eigenvalue weighted by atomic mass is 10.1. The zero-order valence-corrected chi connectivity index (χ0v) is 11.3. The van der Waals surface area contributed by atoms with E-state index in [4.69, 9.17) is 5.73 Å². The van der Waals surface area contributed by atoms with Crippen molar-refractivity contribution >= 4 is 17.3 Å². The van der Waals surface area contributed by atoms with Crippen LogP contribution in [0.1, 0.15) is 18.4 Å². The summed E-state index contributed by atoms with van der Waals surface area (Å²) in [7, 11) is 3.62. The van der Waals surface area contributed by atoms with Crippen LogP contribution in [0.25, 0.3) is 0 Å². The third-order valence-electron chi connectivity index (χ3n) is 3.39. The molecule has 0 aromatic heterocycles. The van der Waals surface area contributed by atoms with Gasteiger partial charge in [-0.1, -0.05) is 0 Å². The van der Waals surface area contributed by atoms with Crippen molar-refractivity contribution in [1.29, 1.82) is 0 Å². The highest BCUT2D eigenvalue weighted by atomic mass is 16.2. The van der Waals surface area contributed by atoms with Crippen LogP contribution in [-0.4, -0.2) is 37.5 Å². The molecule has 1 heterocycles. The zero-order valence-electron chi connectivity index (χ0n) is 11.3. The van der Waals surface area contributed by atoms with Gasteiger partial charge >= 0.3 is 0 Å². The number of aryl methyl sites for hydroxylation is 1. The molecule has 1 saturated heterocycles. The molecule has 1 aliphatic rings. The van der Waals surface area contributed by atoms with Gasteiger partial charge in [-0.15, -0.1) is 0 Å². The van der Waals surface area contributed by atoms with Crippen molar-refractivity contribution in [3.05, 3.63) is 23.8 Å². The molecule has 98 valence electrons. The molecule has 1 aliphatic heterocycles. The Hall–Kier alpha value is -1.71. The fourth-order valence-corrected chi connectivity index (χ4v) is 2.59. The molecule has 0 aliphatic carbocycles. The summed E-state index contributed by atoms with van der Waals surface area (Å²) in [6.45, 7) is 2.95. The van der Waals surface area contributed by atoms with Gasteiger partial charge in [0.15, 0.2) is 0 Å². The first-order valence-corrected chi connectivity index (χ1v) is 6.34. The lowest BCUT2D eigenvalue weighted by molar-refractivity contribution is -0.129. The Bertz CT molecular complexity index is 436. The van der Waals surface area contributed by atoms with E-state index >= 15 is 0 Å². The lowest BCUT2D eigenvalue weighted by Gasteiger charge is -2.28. The van der Waals surface area contributed by atoms with Crippen LogP contribution in [-0.2, 0) is 4.79 Å². The van der Waals surface area contributed by atoms with Gasteiger partial charge in [0.2, 0.25) is 5.91 Å². The molecule has 4 heteroatoms. The zero-order chi connectivity index (χ0) is 13.3. The first-order chi connectivity index (χ1) is 8.49. The van der Waals surface area contributed by atoms with E-state index in [0.717, 1.165) is 36.3 Å². The number of nitrogens with two attached hydrogens (primary N) is 1. The molecular formula is C14H21N3O. The van der Waals surface area contributed by atoms with Crippen molar-refractivity contribution < 1.29 is 4.79 Å². The number of likely N-dealkylation sites (N-methyl/N-ethyl adjacent to an activating group) is 1. The Morgan fingerprint density at radius 2 is 2.11 bits per heavy atom. The molecule has 0 spiro atoms. The summed E-state index contributed by atoms with van der Waals surface area (Å²) >= 11 is 0. The van der Waals surface area contributed by atoms with E-state index in [1.165, 1.54) is 0 Å². The summed E-state index contributed by atoms with van der Waals surface area (Å²) in [4.78, 5) is 16.0. The van der Waals surface area contributed by atoms with Gasteiger partial charge in [0.05, 0.1) is 0 Å². The second kappa shape index (κ2) is 4.88. The number of carbonyl (C=O) groups excluding carboxylic acids is 1. The first kappa shape index (κ1) is 12.7. The molecule has 0 saturated carbocycles. The Labute approximate surface area is 108 Å². The highest BCUT2D eigenvalue weighted by molar-refractivity contribution is 5.85. The summed E-state index contributed by atoms with van der Waals surface area (Å²) in [6.07, 6.45) is 1.98. The number of rotatable bonds is 2. The molecule has 2 N–H and O–H groups in total. The van der Waals surface area contributed by atoms with E-state index in [9.17, 15) is 4.79 Å². The monoisotopic (exact) mass is 247 g/mol. The molecule has 0 bridgehead atoms. The molecule has 4 nitrogen and oxygen atoms in total. The summed E-state index contributed by atoms with van der Waals surface area (Å²) in [5, 5.41) is 0. The predicted molar refractivity (Wildman–Crippen MR) is 74.7 cm³/mol. The molecule has 1 unspecified atom stereocenters. The Morgan fingerprint density at radius 3 is 2.72 bits per heavy atom. The molecule has 1 amide bonds. The van der Waals surface area contributed by atoms with E-state index in [1.54, 1.807) is 4.90 Å². The van der Waals surface area contributed by atoms with Crippen LogP contribution >= 0.6 is 0 Å². The van der Waals surface area contributed by atoms with E-state index in [-0.39, 0.29) is 11.9 Å². The fourth-order valence-electron chi connectivity index (χ4n) is 2.59. The summed E-state index contributed by atoms with van der Waals surface area (Å²) in [6, 6.07) is 5.95. The van der Waals surface area contributed by atoms with Crippen LogP contribution in [0.3, 0.4) is 0 Å². The number of benzene rings is 1. The standard InChI is InChI=1S/C14H21N3O/c1-10-7-11(15)9-12(8-10)17-6-4-5-13(17)14(18)16(2)3/h7-9,13H,4-6,15H2,1-3H3. The third-order valence-corrected chi connectivity index (χ3v) is 3.39. The number of anilines is 2. The molecule has 1 atom stereocenters. The Morgan fingerprint density at radius 1 is 1.39 bits per heavy atom. The van der Waals surface area contributed by atoms with E-state index in [2.05, 4.69) is 11.0 Å². The third kappa shape index (κ3) is 2.42. The lowest BCUT2D eigenvalue weighted by Crippen LogP contribution is -2.42. The molecule has 2 rings (SSSR count). The van der Waals surface area contributed by atoms with Crippen LogP contribution in [0.2, 0.25) is 0 Å². The quantitative estimate of drug-likeness (QED) is 0.808. The second-order valence-corrected chi connectivity index (χ2v) is 5.19. The maximum atomic E-state index is 12.2. The van der Waals surface area contributed by atoms with Gasteiger partial charge in [0.1, 0.15) is 6.04 Å². The number of hydrogen-bond donors (Lipinski definition) is 1. The van der Waals surface area contributed by atoms with Crippen LogP contribution in [0.5, 0.6) is 0 Å². The van der Waals surface area contributed by atoms with Gasteiger partial charge in [-0.25, -0.2) is 0 Å². The molecule has 1 aromatic rings. The molecule has 1 aromatic carbocycles. The first-order valence-electron chi connectivity index (χ1n) is 6.34. The summed E-state index contributed by atoms with van der Waals surface area (Å²) in [5.74, 6) is 0.174. The number of nitrogens with zero attached hydrogens (tertiary/aromatic N) is 2. The minimum Gasteiger partial charge on any atom is -0.399 e. The second-order valence-electron chi connectivity index (χ2n) is 5.19. The van der Waals surface area contributed by atoms with Crippen LogP contribution < -0.4 is 10.6 Å². The number of carbonyl (C=O) groups is 1. The van der Waals surface area contributed by atoms with Crippen LogP contribution in [0.15, 0.2) is 18.2 Å². The van der Waals surface area contributed by atoms with Crippen molar-refractivity contribution in [2.45, 2.75) is 25.8 Å². The number of nitrogen functional groups attached to an aromatic ring is 1. The molecule has 1 fully saturated rings. The van der Waals surface area contributed by atoms with E-state index in [0.29, 0.717) is 0 Å². The van der Waals surface area contributed by atoms with E-state index in [1.807, 2.05) is 33.2 Å². The SMILES string of the molecule is Cc1cc(N)cc(N2CCCC2C(=O)N(C)C)c1. The maximum absolute atomic E-state index is 12.2. The Kier molecular flexibility index (Phi) is 3.45. The maximum Gasteiger partial charge on any atom is 0.244 e. The van der Waals surface area contributed by atoms with Gasteiger partial charge in [-0.05, 0) is 43.5 Å². The van der Waals surface area contributed by atoms with Crippen molar-refractivity contribution in [3.8, 4) is 0 Å². The minimum absolute atomic E-state index is 0.0406. The van der Waals surface area contributed by atoms with Crippen molar-refractivity contribution in [2.75, 3.05) is 31.3 Å². The average Bonchev–Trinajstić information content (AvgIpc) is 2.75. The van der Waals surface area contributed by atoms with Crippen molar-refractivity contribution in [1.82, 2.24) is 4.90 Å². The van der Waals surface area contributed by atoms with Gasteiger partial charge in [-0.3, -0.25) is 4.79 Å². The smallest absolute Gasteiger partial charge is 0.244 e. The van der Waals surface area contributed by atoms with Gasteiger partial charge in [0, 0.05) is 32.0 Å². The van der Waals surface area contributed by atoms with Crippen LogP contribution in [0.4, 0.5) is 11.4 Å². The Balaban J connectivity index is 2.28. The number of amides is 1. The van der Waals surface area contributed by atoms with Gasteiger partial charge in [0.25, 0.3) is 0 Å². The largest absolute Gasteiger partial charge is 0.399 e. The predicted octanol–water partition coefficient (Wildman–Crippen LogP) is 1.63. The number of hydrogen-bond acceptors (Lipinski definition) is 3. The average molecular weight is 247 g/mol. The highest BCUT2D eigenvalue weighted by Crippen LogP contribution is 2.28. The highest BCUT2D eigenvalue weighted by Gasteiger charge is 2.31. The van der Waals surface area contributed by atoms with Crippen molar-refractivity contribution in [2.24, 2.45) is 0 Å². The summed E-state index contributed by atoms with van der Waals surface area (Å²) < 4.78 is 0. The van der Waals surface area contributed by atoms with Crippen LogP contribution in [0, 0.1) is 6.92 Å². The van der Waals surface area contributed by atoms with Gasteiger partial charge < -0.3 is 15.5 Å². The topological polar surface area (TPSA) is 49.6 Å². The summed E-state index contributed by atoms with van der Waals surface area (Å²) in [5.41, 5.74) is 8.84. The van der Waals surface area contributed by atoms with Crippen molar-refractivity contribution in [3.63, 3.8) is 0 Å². The van der Waals surface area contributed by atoms with Gasteiger partial charge in [-0.2, -0.15) is 0 Å². The molecule has 18 heavy (non-hydrogen) atoms. The fraction of sp³-hybridized carbons (Fsp3) is 0.500.